The molecule has 0 bridgehead atoms. The van der Waals surface area contributed by atoms with E-state index in [-0.39, 0.29) is 5.91 Å². The molecule has 1 amide bonds. The maximum absolute atomic E-state index is 12.0. The summed E-state index contributed by atoms with van der Waals surface area (Å²) in [5.74, 6) is 0.481. The number of carbonyl (C=O) groups is 1. The van der Waals surface area contributed by atoms with Crippen molar-refractivity contribution in [3.63, 3.8) is 0 Å². The second-order valence-corrected chi connectivity index (χ2v) is 6.95. The summed E-state index contributed by atoms with van der Waals surface area (Å²) in [5.41, 5.74) is 0.406. The van der Waals surface area contributed by atoms with Crippen molar-refractivity contribution < 1.29 is 4.79 Å². The van der Waals surface area contributed by atoms with E-state index in [1.165, 1.54) is 38.5 Å². The number of carbonyl (C=O) groups excluding carboxylic acids is 1. The fourth-order valence-corrected chi connectivity index (χ4v) is 2.93. The maximum atomic E-state index is 12.0. The third-order valence-corrected chi connectivity index (χ3v) is 4.41. The molecule has 0 radical (unpaired) electrons. The van der Waals surface area contributed by atoms with E-state index in [0.717, 1.165) is 19.5 Å². The molecule has 1 aromatic rings. The summed E-state index contributed by atoms with van der Waals surface area (Å²) in [6.45, 7) is 6.60. The molecule has 2 rings (SSSR count). The molecule has 130 valence electrons. The van der Waals surface area contributed by atoms with Gasteiger partial charge in [-0.25, -0.2) is 0 Å². The standard InChI is InChI=1S/C17H31N5O/c1-14(2)9-12-22-13-16(20-21-22)17(23)19-11-10-18-15-7-5-3-4-6-8-15/h13-15,18H,3-12H2,1-2H3,(H,19,23). The molecule has 6 heteroatoms. The van der Waals surface area contributed by atoms with Gasteiger partial charge in [0, 0.05) is 25.7 Å². The number of hydrogen-bond donors (Lipinski definition) is 2. The number of nitrogens with zero attached hydrogens (tertiary/aromatic N) is 3. The number of nitrogens with one attached hydrogen (secondary N) is 2. The number of rotatable bonds is 8. The molecule has 0 aromatic carbocycles. The highest BCUT2D eigenvalue weighted by Crippen LogP contribution is 2.16. The molecule has 2 N–H and O–H groups in total. The van der Waals surface area contributed by atoms with Gasteiger partial charge in [-0.05, 0) is 25.2 Å². The Hall–Kier alpha value is -1.43. The minimum atomic E-state index is -0.136. The van der Waals surface area contributed by atoms with Crippen molar-refractivity contribution in [3.8, 4) is 0 Å². The fraction of sp³-hybridized carbons (Fsp3) is 0.824. The summed E-state index contributed by atoms with van der Waals surface area (Å²) in [5, 5.41) is 14.4. The van der Waals surface area contributed by atoms with Crippen molar-refractivity contribution in [2.24, 2.45) is 5.92 Å². The zero-order chi connectivity index (χ0) is 16.5. The fourth-order valence-electron chi connectivity index (χ4n) is 2.93. The van der Waals surface area contributed by atoms with Crippen molar-refractivity contribution in [2.45, 2.75) is 71.4 Å². The summed E-state index contributed by atoms with van der Waals surface area (Å²) < 4.78 is 1.75. The van der Waals surface area contributed by atoms with E-state index in [2.05, 4.69) is 34.8 Å². The lowest BCUT2D eigenvalue weighted by atomic mass is 10.1. The van der Waals surface area contributed by atoms with Gasteiger partial charge in [0.05, 0.1) is 6.20 Å². The Bertz CT molecular complexity index is 463. The largest absolute Gasteiger partial charge is 0.349 e. The van der Waals surface area contributed by atoms with E-state index in [9.17, 15) is 4.79 Å². The normalized spacial score (nSPS) is 16.5. The Morgan fingerprint density at radius 1 is 1.26 bits per heavy atom. The third kappa shape index (κ3) is 6.69. The smallest absolute Gasteiger partial charge is 0.273 e. The van der Waals surface area contributed by atoms with Gasteiger partial charge >= 0.3 is 0 Å². The summed E-state index contributed by atoms with van der Waals surface area (Å²) in [6.07, 6.45) is 10.7. The molecule has 1 saturated carbocycles. The molecule has 0 saturated heterocycles. The van der Waals surface area contributed by atoms with Crippen molar-refractivity contribution in [3.05, 3.63) is 11.9 Å². The average molecular weight is 321 g/mol. The van der Waals surface area contributed by atoms with Gasteiger partial charge in [0.15, 0.2) is 5.69 Å². The Morgan fingerprint density at radius 2 is 2.00 bits per heavy atom. The van der Waals surface area contributed by atoms with Crippen molar-refractivity contribution in [1.29, 1.82) is 0 Å². The van der Waals surface area contributed by atoms with Crippen molar-refractivity contribution in [2.75, 3.05) is 13.1 Å². The first-order chi connectivity index (χ1) is 11.1. The van der Waals surface area contributed by atoms with Crippen LogP contribution in [0.5, 0.6) is 0 Å². The highest BCUT2D eigenvalue weighted by Gasteiger charge is 2.12. The van der Waals surface area contributed by atoms with Crippen LogP contribution in [0.15, 0.2) is 6.20 Å². The SMILES string of the molecule is CC(C)CCn1cc(C(=O)NCCNC2CCCCCC2)nn1. The molecular weight excluding hydrogens is 290 g/mol. The molecule has 0 unspecified atom stereocenters. The van der Waals surface area contributed by atoms with Gasteiger partial charge in [-0.1, -0.05) is 44.7 Å². The summed E-state index contributed by atoms with van der Waals surface area (Å²) >= 11 is 0. The highest BCUT2D eigenvalue weighted by molar-refractivity contribution is 5.91. The van der Waals surface area contributed by atoms with E-state index < -0.39 is 0 Å². The zero-order valence-corrected chi connectivity index (χ0v) is 14.6. The van der Waals surface area contributed by atoms with Crippen LogP contribution in [0.3, 0.4) is 0 Å². The van der Waals surface area contributed by atoms with Gasteiger partial charge in [0.1, 0.15) is 0 Å². The molecule has 1 aliphatic carbocycles. The van der Waals surface area contributed by atoms with Crippen LogP contribution in [0.25, 0.3) is 0 Å². The topological polar surface area (TPSA) is 71.8 Å². The monoisotopic (exact) mass is 321 g/mol. The first-order valence-corrected chi connectivity index (χ1v) is 9.07. The molecular formula is C17H31N5O. The first kappa shape index (κ1) is 17.9. The van der Waals surface area contributed by atoms with E-state index in [4.69, 9.17) is 0 Å². The number of hydrogen-bond acceptors (Lipinski definition) is 4. The second-order valence-electron chi connectivity index (χ2n) is 6.95. The lowest BCUT2D eigenvalue weighted by Crippen LogP contribution is -2.37. The molecule has 0 aliphatic heterocycles. The molecule has 23 heavy (non-hydrogen) atoms. The van der Waals surface area contributed by atoms with Crippen LogP contribution < -0.4 is 10.6 Å². The van der Waals surface area contributed by atoms with Crippen LogP contribution in [0.4, 0.5) is 0 Å². The quantitative estimate of drug-likeness (QED) is 0.569. The number of aromatic nitrogens is 3. The third-order valence-electron chi connectivity index (χ3n) is 4.41. The Labute approximate surface area is 139 Å². The molecule has 1 heterocycles. The summed E-state index contributed by atoms with van der Waals surface area (Å²) in [4.78, 5) is 12.0. The van der Waals surface area contributed by atoms with Crippen LogP contribution in [0.2, 0.25) is 0 Å². The Kier molecular flexibility index (Phi) is 7.52. The van der Waals surface area contributed by atoms with Gasteiger partial charge in [-0.2, -0.15) is 0 Å². The van der Waals surface area contributed by atoms with E-state index in [1.54, 1.807) is 10.9 Å². The van der Waals surface area contributed by atoms with Gasteiger partial charge in [-0.3, -0.25) is 9.48 Å². The lowest BCUT2D eigenvalue weighted by molar-refractivity contribution is 0.0948. The van der Waals surface area contributed by atoms with Gasteiger partial charge in [0.25, 0.3) is 5.91 Å². The average Bonchev–Trinajstić information content (AvgIpc) is 2.86. The van der Waals surface area contributed by atoms with Crippen molar-refractivity contribution in [1.82, 2.24) is 25.6 Å². The molecule has 1 aliphatic rings. The predicted octanol–water partition coefficient (Wildman–Crippen LogP) is 2.37. The van der Waals surface area contributed by atoms with E-state index in [0.29, 0.717) is 24.2 Å². The van der Waals surface area contributed by atoms with Gasteiger partial charge < -0.3 is 10.6 Å². The molecule has 1 aromatic heterocycles. The van der Waals surface area contributed by atoms with Gasteiger partial charge in [-0.15, -0.1) is 5.10 Å². The van der Waals surface area contributed by atoms with Crippen LogP contribution >= 0.6 is 0 Å². The molecule has 6 nitrogen and oxygen atoms in total. The predicted molar refractivity (Wildman–Crippen MR) is 91.3 cm³/mol. The molecule has 0 atom stereocenters. The summed E-state index contributed by atoms with van der Waals surface area (Å²) in [7, 11) is 0. The van der Waals surface area contributed by atoms with Crippen LogP contribution in [0, 0.1) is 5.92 Å². The van der Waals surface area contributed by atoms with E-state index >= 15 is 0 Å². The van der Waals surface area contributed by atoms with Crippen LogP contribution in [-0.2, 0) is 6.54 Å². The molecule has 1 fully saturated rings. The summed E-state index contributed by atoms with van der Waals surface area (Å²) in [6, 6.07) is 0.617. The van der Waals surface area contributed by atoms with Gasteiger partial charge in [0.2, 0.25) is 0 Å². The second kappa shape index (κ2) is 9.65. The highest BCUT2D eigenvalue weighted by atomic mass is 16.2. The maximum Gasteiger partial charge on any atom is 0.273 e. The number of amides is 1. The Morgan fingerprint density at radius 3 is 2.70 bits per heavy atom. The minimum absolute atomic E-state index is 0.136. The van der Waals surface area contributed by atoms with Crippen molar-refractivity contribution >= 4 is 5.91 Å². The zero-order valence-electron chi connectivity index (χ0n) is 14.6. The van der Waals surface area contributed by atoms with Crippen LogP contribution in [-0.4, -0.2) is 40.0 Å². The minimum Gasteiger partial charge on any atom is -0.349 e. The molecule has 0 spiro atoms. The first-order valence-electron chi connectivity index (χ1n) is 9.07. The van der Waals surface area contributed by atoms with Crippen LogP contribution in [0.1, 0.15) is 69.3 Å². The van der Waals surface area contributed by atoms with E-state index in [1.807, 2.05) is 0 Å². The lowest BCUT2D eigenvalue weighted by Gasteiger charge is -2.16. The Balaban J connectivity index is 1.64. The number of aryl methyl sites for hydroxylation is 1.